The lowest BCUT2D eigenvalue weighted by Gasteiger charge is -2.12. The molecule has 0 saturated carbocycles. The lowest BCUT2D eigenvalue weighted by atomic mass is 10.1. The van der Waals surface area contributed by atoms with E-state index >= 15 is 0 Å². The number of nitriles is 1. The molecule has 1 N–H and O–H groups in total. The summed E-state index contributed by atoms with van der Waals surface area (Å²) in [5.41, 5.74) is 2.22. The highest BCUT2D eigenvalue weighted by Crippen LogP contribution is 2.36. The molecule has 0 aliphatic rings. The van der Waals surface area contributed by atoms with Gasteiger partial charge in [-0.05, 0) is 12.1 Å². The first-order valence-corrected chi connectivity index (χ1v) is 9.71. The molecule has 0 atom stereocenters. The Hall–Kier alpha value is -3.61. The topological polar surface area (TPSA) is 110 Å². The van der Waals surface area contributed by atoms with Crippen LogP contribution in [0.1, 0.15) is 5.01 Å². The first-order valence-electron chi connectivity index (χ1n) is 8.46. The zero-order valence-electron chi connectivity index (χ0n) is 15.9. The molecule has 3 rings (SSSR count). The van der Waals surface area contributed by atoms with Gasteiger partial charge in [0.15, 0.2) is 0 Å². The Morgan fingerprint density at radius 2 is 1.97 bits per heavy atom. The third-order valence-corrected chi connectivity index (χ3v) is 5.25. The zero-order valence-corrected chi connectivity index (χ0v) is 17.5. The summed E-state index contributed by atoms with van der Waals surface area (Å²) in [6, 6.07) is 11.5. The quantitative estimate of drug-likeness (QED) is 0.297. The molecule has 0 aliphatic heterocycles. The molecule has 10 heteroatoms. The minimum absolute atomic E-state index is 0.00310. The zero-order chi connectivity index (χ0) is 21.7. The number of thiazole rings is 1. The summed E-state index contributed by atoms with van der Waals surface area (Å²) in [5.74, 6) is 0.946. The van der Waals surface area contributed by atoms with Crippen molar-refractivity contribution in [2.45, 2.75) is 0 Å². The van der Waals surface area contributed by atoms with E-state index < -0.39 is 4.92 Å². The van der Waals surface area contributed by atoms with Gasteiger partial charge in [-0.3, -0.25) is 10.1 Å². The minimum Gasteiger partial charge on any atom is -0.495 e. The Balaban J connectivity index is 1.86. The van der Waals surface area contributed by atoms with Crippen molar-refractivity contribution in [1.82, 2.24) is 4.98 Å². The minimum atomic E-state index is -0.460. The summed E-state index contributed by atoms with van der Waals surface area (Å²) >= 11 is 7.40. The summed E-state index contributed by atoms with van der Waals surface area (Å²) in [4.78, 5) is 14.8. The van der Waals surface area contributed by atoms with Crippen LogP contribution in [0.5, 0.6) is 11.5 Å². The van der Waals surface area contributed by atoms with Crippen LogP contribution < -0.4 is 14.8 Å². The van der Waals surface area contributed by atoms with Crippen LogP contribution in [0.25, 0.3) is 16.8 Å². The van der Waals surface area contributed by atoms with E-state index in [1.54, 1.807) is 29.6 Å². The smallest absolute Gasteiger partial charge is 0.269 e. The highest BCUT2D eigenvalue weighted by molar-refractivity contribution is 7.11. The van der Waals surface area contributed by atoms with Gasteiger partial charge >= 0.3 is 0 Å². The van der Waals surface area contributed by atoms with Gasteiger partial charge in [-0.15, -0.1) is 11.3 Å². The third-order valence-electron chi connectivity index (χ3n) is 4.07. The van der Waals surface area contributed by atoms with E-state index in [2.05, 4.69) is 16.4 Å². The van der Waals surface area contributed by atoms with Crippen LogP contribution in [0.4, 0.5) is 11.4 Å². The SMILES string of the molecule is COc1cc(N/C=C(\C#N)c2nc(-c3ccc([N+](=O)[O-])cc3)cs2)c(OC)cc1Cl. The van der Waals surface area contributed by atoms with E-state index in [1.165, 1.54) is 43.9 Å². The van der Waals surface area contributed by atoms with Gasteiger partial charge < -0.3 is 14.8 Å². The molecular weight excluding hydrogens is 428 g/mol. The molecule has 2 aromatic carbocycles. The van der Waals surface area contributed by atoms with Crippen LogP contribution in [-0.4, -0.2) is 24.1 Å². The third kappa shape index (κ3) is 4.51. The van der Waals surface area contributed by atoms with Crippen molar-refractivity contribution in [3.05, 3.63) is 68.1 Å². The summed E-state index contributed by atoms with van der Waals surface area (Å²) in [6.45, 7) is 0. The van der Waals surface area contributed by atoms with Crippen LogP contribution in [0.15, 0.2) is 48.0 Å². The second-order valence-corrected chi connectivity index (χ2v) is 7.11. The van der Waals surface area contributed by atoms with Gasteiger partial charge in [0, 0.05) is 41.4 Å². The van der Waals surface area contributed by atoms with Crippen LogP contribution in [-0.2, 0) is 0 Å². The summed E-state index contributed by atoms with van der Waals surface area (Å²) in [6.07, 6.45) is 1.52. The van der Waals surface area contributed by atoms with E-state index in [0.29, 0.717) is 38.5 Å². The summed E-state index contributed by atoms with van der Waals surface area (Å²) in [7, 11) is 3.01. The van der Waals surface area contributed by atoms with Crippen molar-refractivity contribution in [2.75, 3.05) is 19.5 Å². The van der Waals surface area contributed by atoms with Gasteiger partial charge in [0.05, 0.1) is 35.5 Å². The number of rotatable bonds is 7. The van der Waals surface area contributed by atoms with E-state index in [1.807, 2.05) is 0 Å². The molecule has 0 fully saturated rings. The van der Waals surface area contributed by atoms with Crippen molar-refractivity contribution in [1.29, 1.82) is 5.26 Å². The van der Waals surface area contributed by atoms with Gasteiger partial charge in [-0.2, -0.15) is 5.26 Å². The van der Waals surface area contributed by atoms with Crippen molar-refractivity contribution in [3.8, 4) is 28.8 Å². The molecule has 30 heavy (non-hydrogen) atoms. The van der Waals surface area contributed by atoms with Crippen molar-refractivity contribution < 1.29 is 14.4 Å². The van der Waals surface area contributed by atoms with E-state index in [9.17, 15) is 15.4 Å². The predicted octanol–water partition coefficient (Wildman–Crippen LogP) is 5.37. The van der Waals surface area contributed by atoms with Crippen molar-refractivity contribution in [3.63, 3.8) is 0 Å². The molecule has 152 valence electrons. The summed E-state index contributed by atoms with van der Waals surface area (Å²) in [5, 5.41) is 26.1. The molecule has 0 bridgehead atoms. The number of hydrogen-bond acceptors (Lipinski definition) is 8. The number of nitrogens with one attached hydrogen (secondary N) is 1. The average Bonchev–Trinajstić information content (AvgIpc) is 3.24. The van der Waals surface area contributed by atoms with E-state index in [0.717, 1.165) is 5.56 Å². The maximum absolute atomic E-state index is 10.8. The van der Waals surface area contributed by atoms with Crippen LogP contribution in [0, 0.1) is 21.4 Å². The molecule has 0 aliphatic carbocycles. The Morgan fingerprint density at radius 3 is 2.57 bits per heavy atom. The Labute approximate surface area is 181 Å². The second kappa shape index (κ2) is 9.26. The number of aromatic nitrogens is 1. The molecule has 1 aromatic heterocycles. The number of ether oxygens (including phenoxy) is 2. The number of nitrogens with zero attached hydrogens (tertiary/aromatic N) is 3. The summed E-state index contributed by atoms with van der Waals surface area (Å²) < 4.78 is 10.5. The first-order chi connectivity index (χ1) is 14.5. The molecule has 3 aromatic rings. The number of halogens is 1. The maximum atomic E-state index is 10.8. The predicted molar refractivity (Wildman–Crippen MR) is 116 cm³/mol. The normalized spacial score (nSPS) is 10.9. The van der Waals surface area contributed by atoms with Gasteiger partial charge in [0.2, 0.25) is 0 Å². The number of hydrogen-bond donors (Lipinski definition) is 1. The fourth-order valence-electron chi connectivity index (χ4n) is 2.55. The largest absolute Gasteiger partial charge is 0.495 e. The van der Waals surface area contributed by atoms with Gasteiger partial charge in [0.25, 0.3) is 5.69 Å². The monoisotopic (exact) mass is 442 g/mol. The van der Waals surface area contributed by atoms with Gasteiger partial charge in [-0.1, -0.05) is 11.6 Å². The number of non-ortho nitro benzene ring substituents is 1. The van der Waals surface area contributed by atoms with E-state index in [-0.39, 0.29) is 5.69 Å². The number of methoxy groups -OCH3 is 2. The number of anilines is 1. The molecule has 0 unspecified atom stereocenters. The Morgan fingerprint density at radius 1 is 1.27 bits per heavy atom. The lowest BCUT2D eigenvalue weighted by Crippen LogP contribution is -1.96. The number of allylic oxidation sites excluding steroid dienone is 1. The molecule has 0 saturated heterocycles. The van der Waals surface area contributed by atoms with Crippen LogP contribution in [0.2, 0.25) is 5.02 Å². The standard InChI is InChI=1S/C20H15ClN4O4S/c1-28-18-8-16(19(29-2)7-15(18)21)23-10-13(9-22)20-24-17(11-30-20)12-3-5-14(6-4-12)25(26)27/h3-8,10-11,23H,1-2H3/b13-10+. The average molecular weight is 443 g/mol. The van der Waals surface area contributed by atoms with Gasteiger partial charge in [-0.25, -0.2) is 4.98 Å². The molecular formula is C20H15ClN4O4S. The Bertz CT molecular complexity index is 1150. The van der Waals surface area contributed by atoms with Crippen LogP contribution >= 0.6 is 22.9 Å². The van der Waals surface area contributed by atoms with E-state index in [4.69, 9.17) is 21.1 Å². The lowest BCUT2D eigenvalue weighted by molar-refractivity contribution is -0.384. The van der Waals surface area contributed by atoms with Gasteiger partial charge in [0.1, 0.15) is 28.1 Å². The van der Waals surface area contributed by atoms with Crippen molar-refractivity contribution in [2.24, 2.45) is 0 Å². The maximum Gasteiger partial charge on any atom is 0.269 e. The molecule has 0 radical (unpaired) electrons. The highest BCUT2D eigenvalue weighted by atomic mass is 35.5. The molecule has 8 nitrogen and oxygen atoms in total. The number of benzene rings is 2. The molecule has 0 amide bonds. The second-order valence-electron chi connectivity index (χ2n) is 5.84. The first kappa shape index (κ1) is 21.1. The Kier molecular flexibility index (Phi) is 6.51. The van der Waals surface area contributed by atoms with Crippen molar-refractivity contribution >= 4 is 39.9 Å². The number of nitro groups is 1. The number of nitro benzene ring substituents is 1. The molecule has 0 spiro atoms. The fourth-order valence-corrected chi connectivity index (χ4v) is 3.57. The molecule has 1 heterocycles. The van der Waals surface area contributed by atoms with Crippen LogP contribution in [0.3, 0.4) is 0 Å². The fraction of sp³-hybridized carbons (Fsp3) is 0.100. The highest BCUT2D eigenvalue weighted by Gasteiger charge is 2.13.